The molecule has 0 aromatic carbocycles. The highest BCUT2D eigenvalue weighted by Gasteiger charge is 2.44. The number of rotatable bonds is 5. The summed E-state index contributed by atoms with van der Waals surface area (Å²) in [6.07, 6.45) is 10.1. The van der Waals surface area contributed by atoms with Crippen LogP contribution in [0.1, 0.15) is 82.4 Å². The highest BCUT2D eigenvalue weighted by atomic mass is 16.7. The minimum absolute atomic E-state index is 0.259. The number of oxime groups is 1. The summed E-state index contributed by atoms with van der Waals surface area (Å²) >= 11 is 0. The minimum atomic E-state index is -1.21. The fraction of sp³-hybridized carbons (Fsp3) is 0.667. The summed E-state index contributed by atoms with van der Waals surface area (Å²) in [6, 6.07) is 0.438. The monoisotopic (exact) mass is 455 g/mol. The van der Waals surface area contributed by atoms with Gasteiger partial charge in [0, 0.05) is 30.8 Å². The van der Waals surface area contributed by atoms with E-state index in [-0.39, 0.29) is 11.7 Å². The fourth-order valence-corrected chi connectivity index (χ4v) is 5.67. The Morgan fingerprint density at radius 2 is 2.03 bits per heavy atom. The van der Waals surface area contributed by atoms with Crippen molar-refractivity contribution in [2.75, 3.05) is 5.32 Å². The SMILES string of the molecule is CCn1nc(C)c2c(NC3CCCCC3)c(C3=NOC4(CCC(OC(=O)O)CC4)C3)cnc21. The molecule has 178 valence electrons. The van der Waals surface area contributed by atoms with Gasteiger partial charge in [0.1, 0.15) is 11.7 Å². The molecule has 0 saturated heterocycles. The summed E-state index contributed by atoms with van der Waals surface area (Å²) in [5.41, 5.74) is 4.47. The summed E-state index contributed by atoms with van der Waals surface area (Å²) in [6.45, 7) is 4.90. The molecule has 2 saturated carbocycles. The molecule has 2 aliphatic carbocycles. The Kier molecular flexibility index (Phi) is 5.88. The van der Waals surface area contributed by atoms with Gasteiger partial charge in [-0.25, -0.2) is 14.5 Å². The Hall–Kier alpha value is -2.84. The van der Waals surface area contributed by atoms with Crippen LogP contribution in [-0.2, 0) is 16.1 Å². The lowest BCUT2D eigenvalue weighted by Crippen LogP contribution is -2.37. The van der Waals surface area contributed by atoms with E-state index in [0.29, 0.717) is 25.3 Å². The van der Waals surface area contributed by atoms with Crippen LogP contribution in [0.5, 0.6) is 0 Å². The molecule has 1 aliphatic heterocycles. The molecule has 0 atom stereocenters. The van der Waals surface area contributed by atoms with Crippen LogP contribution in [0, 0.1) is 6.92 Å². The first-order valence-electron chi connectivity index (χ1n) is 12.3. The molecule has 3 aliphatic rings. The van der Waals surface area contributed by atoms with E-state index in [0.717, 1.165) is 53.1 Å². The first kappa shape index (κ1) is 22.0. The van der Waals surface area contributed by atoms with Crippen LogP contribution in [0.4, 0.5) is 10.5 Å². The number of hydrogen-bond donors (Lipinski definition) is 2. The molecule has 2 fully saturated rings. The first-order chi connectivity index (χ1) is 16.0. The van der Waals surface area contributed by atoms with Crippen molar-refractivity contribution in [2.24, 2.45) is 5.16 Å². The van der Waals surface area contributed by atoms with Crippen molar-refractivity contribution in [1.82, 2.24) is 14.8 Å². The predicted octanol–water partition coefficient (Wildman–Crippen LogP) is 5.00. The topological polar surface area (TPSA) is 111 Å². The smallest absolute Gasteiger partial charge is 0.450 e. The van der Waals surface area contributed by atoms with E-state index in [4.69, 9.17) is 24.8 Å². The second kappa shape index (κ2) is 8.83. The molecule has 33 heavy (non-hydrogen) atoms. The molecule has 1 spiro atoms. The summed E-state index contributed by atoms with van der Waals surface area (Å²) < 4.78 is 6.93. The van der Waals surface area contributed by atoms with Gasteiger partial charge >= 0.3 is 6.16 Å². The average molecular weight is 456 g/mol. The number of nitrogens with one attached hydrogen (secondary N) is 1. The maximum Gasteiger partial charge on any atom is 0.506 e. The van der Waals surface area contributed by atoms with Crippen LogP contribution < -0.4 is 5.32 Å². The van der Waals surface area contributed by atoms with E-state index >= 15 is 0 Å². The largest absolute Gasteiger partial charge is 0.506 e. The number of ether oxygens (including phenoxy) is 1. The van der Waals surface area contributed by atoms with Gasteiger partial charge in [-0.2, -0.15) is 5.10 Å². The van der Waals surface area contributed by atoms with Crippen molar-refractivity contribution < 1.29 is 19.5 Å². The van der Waals surface area contributed by atoms with Crippen LogP contribution in [0.3, 0.4) is 0 Å². The molecule has 5 rings (SSSR count). The number of aromatic nitrogens is 3. The lowest BCUT2D eigenvalue weighted by Gasteiger charge is -2.34. The molecule has 9 heteroatoms. The summed E-state index contributed by atoms with van der Waals surface area (Å²) in [5.74, 6) is 0. The second-order valence-corrected chi connectivity index (χ2v) is 9.70. The third-order valence-electron chi connectivity index (χ3n) is 7.45. The van der Waals surface area contributed by atoms with Gasteiger partial charge in [0.2, 0.25) is 0 Å². The molecule has 0 radical (unpaired) electrons. The highest BCUT2D eigenvalue weighted by molar-refractivity contribution is 6.11. The Labute approximate surface area is 193 Å². The van der Waals surface area contributed by atoms with Crippen molar-refractivity contribution >= 4 is 28.6 Å². The van der Waals surface area contributed by atoms with Gasteiger partial charge in [0.05, 0.1) is 22.5 Å². The number of anilines is 1. The zero-order valence-corrected chi connectivity index (χ0v) is 19.5. The Morgan fingerprint density at radius 1 is 1.27 bits per heavy atom. The number of carboxylic acid groups (broad SMARTS) is 1. The Balaban J connectivity index is 1.44. The van der Waals surface area contributed by atoms with Crippen LogP contribution >= 0.6 is 0 Å². The molecule has 9 nitrogen and oxygen atoms in total. The van der Waals surface area contributed by atoms with Crippen LogP contribution in [-0.4, -0.2) is 49.5 Å². The molecule has 2 aromatic heterocycles. The van der Waals surface area contributed by atoms with Gasteiger partial charge in [-0.1, -0.05) is 24.4 Å². The van der Waals surface area contributed by atoms with Crippen molar-refractivity contribution in [2.45, 2.75) is 102 Å². The van der Waals surface area contributed by atoms with Gasteiger partial charge in [-0.3, -0.25) is 0 Å². The summed E-state index contributed by atoms with van der Waals surface area (Å²) in [4.78, 5) is 21.7. The number of fused-ring (bicyclic) bond motifs is 1. The third kappa shape index (κ3) is 4.25. The summed E-state index contributed by atoms with van der Waals surface area (Å²) in [7, 11) is 0. The molecule has 2 N–H and O–H groups in total. The van der Waals surface area contributed by atoms with E-state index < -0.39 is 6.16 Å². The average Bonchev–Trinajstić information content (AvgIpc) is 3.37. The van der Waals surface area contributed by atoms with Gasteiger partial charge in [0.25, 0.3) is 0 Å². The predicted molar refractivity (Wildman–Crippen MR) is 125 cm³/mol. The second-order valence-electron chi connectivity index (χ2n) is 9.70. The maximum absolute atomic E-state index is 10.9. The number of aryl methyl sites for hydroxylation is 2. The van der Waals surface area contributed by atoms with Gasteiger partial charge in [0.15, 0.2) is 5.65 Å². The standard InChI is InChI=1S/C24H33N5O4/c1-3-29-22-20(15(2)27-29)21(26-16-7-5-4-6-8-16)18(14-25-22)19-13-24(33-28-19)11-9-17(10-12-24)32-23(30)31/h14,16-17H,3-13H2,1-2H3,(H,25,26)(H,30,31). The maximum atomic E-state index is 10.9. The molecule has 3 heterocycles. The van der Waals surface area contributed by atoms with Crippen molar-refractivity contribution in [3.05, 3.63) is 17.5 Å². The van der Waals surface area contributed by atoms with Gasteiger partial charge in [-0.15, -0.1) is 0 Å². The molecule has 0 unspecified atom stereocenters. The molecule has 0 bridgehead atoms. The van der Waals surface area contributed by atoms with E-state index in [2.05, 4.69) is 17.4 Å². The van der Waals surface area contributed by atoms with E-state index in [9.17, 15) is 4.79 Å². The molecular weight excluding hydrogens is 422 g/mol. The Bertz CT molecular complexity index is 1060. The van der Waals surface area contributed by atoms with Crippen LogP contribution in [0.25, 0.3) is 11.0 Å². The van der Waals surface area contributed by atoms with Crippen molar-refractivity contribution in [3.63, 3.8) is 0 Å². The van der Waals surface area contributed by atoms with Crippen molar-refractivity contribution in [1.29, 1.82) is 0 Å². The first-order valence-corrected chi connectivity index (χ1v) is 12.3. The highest BCUT2D eigenvalue weighted by Crippen LogP contribution is 2.42. The third-order valence-corrected chi connectivity index (χ3v) is 7.45. The van der Waals surface area contributed by atoms with Gasteiger partial charge < -0.3 is 20.0 Å². The van der Waals surface area contributed by atoms with Gasteiger partial charge in [-0.05, 0) is 52.4 Å². The summed E-state index contributed by atoms with van der Waals surface area (Å²) in [5, 5.41) is 23.1. The molecule has 2 aromatic rings. The quantitative estimate of drug-likeness (QED) is 0.610. The lowest BCUT2D eigenvalue weighted by atomic mass is 9.79. The van der Waals surface area contributed by atoms with Crippen molar-refractivity contribution in [3.8, 4) is 0 Å². The zero-order chi connectivity index (χ0) is 23.0. The Morgan fingerprint density at radius 3 is 2.73 bits per heavy atom. The normalized spacial score (nSPS) is 25.8. The van der Waals surface area contributed by atoms with E-state index in [1.165, 1.54) is 32.1 Å². The van der Waals surface area contributed by atoms with E-state index in [1.54, 1.807) is 0 Å². The molecular formula is C24H33N5O4. The lowest BCUT2D eigenvalue weighted by molar-refractivity contribution is -0.0738. The van der Waals surface area contributed by atoms with E-state index in [1.807, 2.05) is 17.8 Å². The number of carbonyl (C=O) groups is 1. The zero-order valence-electron chi connectivity index (χ0n) is 19.5. The number of nitrogens with zero attached hydrogens (tertiary/aromatic N) is 4. The van der Waals surface area contributed by atoms with Crippen LogP contribution in [0.2, 0.25) is 0 Å². The molecule has 0 amide bonds. The fourth-order valence-electron chi connectivity index (χ4n) is 5.67. The number of pyridine rings is 1. The minimum Gasteiger partial charge on any atom is -0.450 e. The number of hydrogen-bond acceptors (Lipinski definition) is 7. The van der Waals surface area contributed by atoms with Crippen LogP contribution in [0.15, 0.2) is 11.4 Å².